The van der Waals surface area contributed by atoms with E-state index in [1.54, 1.807) is 24.3 Å². The molecule has 0 bridgehead atoms. The molecular formula is C13H20N2O3. The number of anilines is 1. The first-order valence-electron chi connectivity index (χ1n) is 6.00. The van der Waals surface area contributed by atoms with Crippen LogP contribution in [-0.2, 0) is 4.79 Å². The highest BCUT2D eigenvalue weighted by Gasteiger charge is 2.07. The summed E-state index contributed by atoms with van der Waals surface area (Å²) in [6.45, 7) is 2.02. The zero-order chi connectivity index (χ0) is 13.4. The second kappa shape index (κ2) is 7.55. The molecule has 0 saturated carbocycles. The summed E-state index contributed by atoms with van der Waals surface area (Å²) in [6.07, 6.45) is 1.43. The summed E-state index contributed by atoms with van der Waals surface area (Å²) < 4.78 is 5.31. The lowest BCUT2D eigenvalue weighted by molar-refractivity contribution is -0.123. The molecule has 1 amide bonds. The van der Waals surface area contributed by atoms with Gasteiger partial charge in [-0.1, -0.05) is 0 Å². The molecule has 0 aliphatic carbocycles. The van der Waals surface area contributed by atoms with Crippen molar-refractivity contribution in [3.63, 3.8) is 0 Å². The topological polar surface area (TPSA) is 84.6 Å². The maximum Gasteiger partial charge on any atom is 0.258 e. The monoisotopic (exact) mass is 252 g/mol. The van der Waals surface area contributed by atoms with E-state index in [1.165, 1.54) is 0 Å². The lowest BCUT2D eigenvalue weighted by Gasteiger charge is -2.13. The van der Waals surface area contributed by atoms with Crippen LogP contribution < -0.4 is 15.8 Å². The number of rotatable bonds is 7. The predicted octanol–water partition coefficient (Wildman–Crippen LogP) is 0.925. The maximum absolute atomic E-state index is 11.5. The minimum atomic E-state index is -0.169. The van der Waals surface area contributed by atoms with Gasteiger partial charge in [-0.05, 0) is 44.0 Å². The van der Waals surface area contributed by atoms with Crippen molar-refractivity contribution in [2.75, 3.05) is 18.9 Å². The van der Waals surface area contributed by atoms with Crippen LogP contribution in [-0.4, -0.2) is 30.3 Å². The quantitative estimate of drug-likeness (QED) is 0.630. The Hall–Kier alpha value is -1.75. The summed E-state index contributed by atoms with van der Waals surface area (Å²) in [7, 11) is 0. The third kappa shape index (κ3) is 5.54. The highest BCUT2D eigenvalue weighted by Crippen LogP contribution is 2.12. The fraction of sp³-hybridized carbons (Fsp3) is 0.462. The normalized spacial score (nSPS) is 11.9. The fourth-order valence-electron chi connectivity index (χ4n) is 1.50. The number of aliphatic hydroxyl groups is 1. The Morgan fingerprint density at radius 2 is 2.11 bits per heavy atom. The van der Waals surface area contributed by atoms with E-state index in [0.29, 0.717) is 17.9 Å². The molecule has 0 spiro atoms. The third-order valence-corrected chi connectivity index (χ3v) is 2.45. The van der Waals surface area contributed by atoms with Gasteiger partial charge in [0.2, 0.25) is 0 Å². The summed E-state index contributed by atoms with van der Waals surface area (Å²) >= 11 is 0. The van der Waals surface area contributed by atoms with Gasteiger partial charge in [0.05, 0.1) is 0 Å². The van der Waals surface area contributed by atoms with Crippen molar-refractivity contribution < 1.29 is 14.6 Å². The van der Waals surface area contributed by atoms with E-state index in [9.17, 15) is 4.79 Å². The Bertz CT molecular complexity index is 365. The van der Waals surface area contributed by atoms with Crippen LogP contribution in [0.25, 0.3) is 0 Å². The van der Waals surface area contributed by atoms with E-state index >= 15 is 0 Å². The average Bonchev–Trinajstić information content (AvgIpc) is 2.35. The number of carbonyl (C=O) groups excluding carboxylic acids is 1. The van der Waals surface area contributed by atoms with Crippen LogP contribution in [0.4, 0.5) is 5.69 Å². The molecule has 5 heteroatoms. The lowest BCUT2D eigenvalue weighted by atomic mass is 10.2. The highest BCUT2D eigenvalue weighted by molar-refractivity contribution is 5.77. The van der Waals surface area contributed by atoms with Gasteiger partial charge < -0.3 is 20.9 Å². The molecule has 4 N–H and O–H groups in total. The number of nitrogens with one attached hydrogen (secondary N) is 1. The summed E-state index contributed by atoms with van der Waals surface area (Å²) in [5.74, 6) is 0.444. The fourth-order valence-corrected chi connectivity index (χ4v) is 1.50. The summed E-state index contributed by atoms with van der Waals surface area (Å²) in [4.78, 5) is 11.5. The zero-order valence-corrected chi connectivity index (χ0v) is 10.6. The molecule has 0 heterocycles. The van der Waals surface area contributed by atoms with E-state index in [-0.39, 0.29) is 25.2 Å². The largest absolute Gasteiger partial charge is 0.484 e. The van der Waals surface area contributed by atoms with Crippen molar-refractivity contribution in [2.45, 2.75) is 25.8 Å². The molecule has 0 fully saturated rings. The Morgan fingerprint density at radius 1 is 1.44 bits per heavy atom. The second-order valence-electron chi connectivity index (χ2n) is 4.19. The first-order valence-corrected chi connectivity index (χ1v) is 6.00. The molecule has 0 aliphatic heterocycles. The smallest absolute Gasteiger partial charge is 0.258 e. The second-order valence-corrected chi connectivity index (χ2v) is 4.19. The molecule has 1 rings (SSSR count). The van der Waals surface area contributed by atoms with Gasteiger partial charge in [0.25, 0.3) is 5.91 Å². The van der Waals surface area contributed by atoms with Gasteiger partial charge in [-0.25, -0.2) is 0 Å². The van der Waals surface area contributed by atoms with E-state index in [1.807, 2.05) is 6.92 Å². The molecule has 0 aromatic heterocycles. The van der Waals surface area contributed by atoms with E-state index < -0.39 is 0 Å². The Balaban J connectivity index is 2.26. The predicted molar refractivity (Wildman–Crippen MR) is 70.3 cm³/mol. The molecule has 0 saturated heterocycles. The van der Waals surface area contributed by atoms with Crippen LogP contribution in [0.2, 0.25) is 0 Å². The summed E-state index contributed by atoms with van der Waals surface area (Å²) in [5, 5.41) is 11.5. The van der Waals surface area contributed by atoms with Gasteiger partial charge in [-0.3, -0.25) is 4.79 Å². The maximum atomic E-state index is 11.5. The van der Waals surface area contributed by atoms with Gasteiger partial charge in [-0.2, -0.15) is 0 Å². The molecule has 100 valence electrons. The molecular weight excluding hydrogens is 232 g/mol. The van der Waals surface area contributed by atoms with Crippen molar-refractivity contribution in [2.24, 2.45) is 0 Å². The van der Waals surface area contributed by atoms with Crippen LogP contribution in [0.5, 0.6) is 5.75 Å². The van der Waals surface area contributed by atoms with Gasteiger partial charge in [0.1, 0.15) is 5.75 Å². The summed E-state index contributed by atoms with van der Waals surface area (Å²) in [5.41, 5.74) is 6.20. The molecule has 1 aromatic rings. The number of aliphatic hydroxyl groups excluding tert-OH is 1. The number of nitrogens with two attached hydrogens (primary N) is 1. The average molecular weight is 252 g/mol. The number of hydrogen-bond donors (Lipinski definition) is 3. The van der Waals surface area contributed by atoms with Gasteiger partial charge >= 0.3 is 0 Å². The first kappa shape index (κ1) is 14.3. The van der Waals surface area contributed by atoms with Crippen LogP contribution >= 0.6 is 0 Å². The Kier molecular flexibility index (Phi) is 6.00. The van der Waals surface area contributed by atoms with E-state index in [4.69, 9.17) is 15.6 Å². The molecule has 0 radical (unpaired) electrons. The van der Waals surface area contributed by atoms with Crippen molar-refractivity contribution in [3.8, 4) is 5.75 Å². The number of benzene rings is 1. The minimum absolute atomic E-state index is 0.0205. The number of nitrogen functional groups attached to an aromatic ring is 1. The van der Waals surface area contributed by atoms with Crippen LogP contribution in [0, 0.1) is 0 Å². The molecule has 0 aliphatic rings. The first-order chi connectivity index (χ1) is 8.61. The van der Waals surface area contributed by atoms with Crippen LogP contribution in [0.1, 0.15) is 19.8 Å². The van der Waals surface area contributed by atoms with E-state index in [2.05, 4.69) is 5.32 Å². The molecule has 1 unspecified atom stereocenters. The van der Waals surface area contributed by atoms with Crippen molar-refractivity contribution in [3.05, 3.63) is 24.3 Å². The number of ether oxygens (including phenoxy) is 1. The van der Waals surface area contributed by atoms with Crippen LogP contribution in [0.3, 0.4) is 0 Å². The van der Waals surface area contributed by atoms with Gasteiger partial charge in [-0.15, -0.1) is 0 Å². The van der Waals surface area contributed by atoms with Crippen LogP contribution in [0.15, 0.2) is 24.3 Å². The summed E-state index contributed by atoms with van der Waals surface area (Å²) in [6, 6.07) is 6.92. The minimum Gasteiger partial charge on any atom is -0.484 e. The Morgan fingerprint density at radius 3 is 2.72 bits per heavy atom. The molecule has 18 heavy (non-hydrogen) atoms. The number of carbonyl (C=O) groups is 1. The molecule has 1 atom stereocenters. The molecule has 1 aromatic carbocycles. The van der Waals surface area contributed by atoms with Crippen molar-refractivity contribution in [1.82, 2.24) is 5.32 Å². The Labute approximate surface area is 107 Å². The number of amides is 1. The SMILES string of the molecule is CC(CCCO)NC(=O)COc1ccc(N)cc1. The zero-order valence-electron chi connectivity index (χ0n) is 10.6. The van der Waals surface area contributed by atoms with Gasteiger partial charge in [0, 0.05) is 18.3 Å². The number of hydrogen-bond acceptors (Lipinski definition) is 4. The van der Waals surface area contributed by atoms with Gasteiger partial charge in [0.15, 0.2) is 6.61 Å². The lowest BCUT2D eigenvalue weighted by Crippen LogP contribution is -2.36. The van der Waals surface area contributed by atoms with E-state index in [0.717, 1.165) is 6.42 Å². The highest BCUT2D eigenvalue weighted by atomic mass is 16.5. The van der Waals surface area contributed by atoms with Crippen molar-refractivity contribution >= 4 is 11.6 Å². The van der Waals surface area contributed by atoms with Crippen molar-refractivity contribution in [1.29, 1.82) is 0 Å². The standard InChI is InChI=1S/C13H20N2O3/c1-10(3-2-8-16)15-13(17)9-18-12-6-4-11(14)5-7-12/h4-7,10,16H,2-3,8-9,14H2,1H3,(H,15,17). The third-order valence-electron chi connectivity index (χ3n) is 2.45. The molecule has 5 nitrogen and oxygen atoms in total.